The summed E-state index contributed by atoms with van der Waals surface area (Å²) in [5.41, 5.74) is 0. The molecule has 17 heavy (non-hydrogen) atoms. The van der Waals surface area contributed by atoms with Gasteiger partial charge in [-0.1, -0.05) is 33.6 Å². The van der Waals surface area contributed by atoms with E-state index < -0.39 is 0 Å². The number of hydrogen-bond acceptors (Lipinski definition) is 2. The summed E-state index contributed by atoms with van der Waals surface area (Å²) >= 11 is 0. The molecule has 4 atom stereocenters. The maximum Gasteiger partial charge on any atom is 0.0221 e. The topological polar surface area (TPSA) is 15.3 Å². The van der Waals surface area contributed by atoms with E-state index >= 15 is 0 Å². The third kappa shape index (κ3) is 3.03. The van der Waals surface area contributed by atoms with Gasteiger partial charge in [0.05, 0.1) is 0 Å². The van der Waals surface area contributed by atoms with Crippen molar-refractivity contribution in [2.24, 2.45) is 5.92 Å². The van der Waals surface area contributed by atoms with Crippen molar-refractivity contribution in [2.45, 2.75) is 77.4 Å². The van der Waals surface area contributed by atoms with E-state index in [0.29, 0.717) is 0 Å². The largest absolute Gasteiger partial charge is 0.311 e. The molecule has 2 rings (SSSR count). The van der Waals surface area contributed by atoms with Crippen LogP contribution in [0.25, 0.3) is 0 Å². The second-order valence-corrected chi connectivity index (χ2v) is 6.13. The van der Waals surface area contributed by atoms with Crippen LogP contribution in [0.3, 0.4) is 0 Å². The third-order valence-corrected chi connectivity index (χ3v) is 4.89. The van der Waals surface area contributed by atoms with Crippen LogP contribution in [0.5, 0.6) is 0 Å². The molecule has 1 aliphatic heterocycles. The van der Waals surface area contributed by atoms with Crippen LogP contribution in [-0.2, 0) is 0 Å². The summed E-state index contributed by atoms with van der Waals surface area (Å²) in [5.74, 6) is 0.921. The average Bonchev–Trinajstić information content (AvgIpc) is 2.76. The van der Waals surface area contributed by atoms with E-state index in [1.807, 2.05) is 0 Å². The summed E-state index contributed by atoms with van der Waals surface area (Å²) in [7, 11) is 0. The highest BCUT2D eigenvalue weighted by atomic mass is 15.3. The van der Waals surface area contributed by atoms with E-state index in [1.165, 1.54) is 51.6 Å². The molecule has 0 bridgehead atoms. The molecule has 1 N–H and O–H groups in total. The summed E-state index contributed by atoms with van der Waals surface area (Å²) in [6.45, 7) is 9.61. The summed E-state index contributed by atoms with van der Waals surface area (Å²) in [6, 6.07) is 2.41. The van der Waals surface area contributed by atoms with E-state index in [2.05, 4.69) is 31.0 Å². The second kappa shape index (κ2) is 6.19. The first-order valence-electron chi connectivity index (χ1n) is 7.75. The zero-order chi connectivity index (χ0) is 12.3. The Labute approximate surface area is 107 Å². The fraction of sp³-hybridized carbons (Fsp3) is 1.00. The minimum Gasteiger partial charge on any atom is -0.311 e. The lowest BCUT2D eigenvalue weighted by Crippen LogP contribution is -2.59. The first-order chi connectivity index (χ1) is 8.26. The summed E-state index contributed by atoms with van der Waals surface area (Å²) < 4.78 is 0. The molecule has 2 nitrogen and oxygen atoms in total. The fourth-order valence-electron chi connectivity index (χ4n) is 3.83. The quantitative estimate of drug-likeness (QED) is 0.810. The van der Waals surface area contributed by atoms with Crippen molar-refractivity contribution in [3.63, 3.8) is 0 Å². The van der Waals surface area contributed by atoms with Crippen molar-refractivity contribution in [2.75, 3.05) is 13.1 Å². The molecule has 1 saturated carbocycles. The molecular formula is C15H30N2. The third-order valence-electron chi connectivity index (χ3n) is 4.89. The minimum absolute atomic E-state index is 0.746. The van der Waals surface area contributed by atoms with Gasteiger partial charge < -0.3 is 5.32 Å². The van der Waals surface area contributed by atoms with Gasteiger partial charge in [0.25, 0.3) is 0 Å². The zero-order valence-corrected chi connectivity index (χ0v) is 11.9. The lowest BCUT2D eigenvalue weighted by molar-refractivity contribution is 0.0612. The first kappa shape index (κ1) is 13.4. The molecule has 0 spiro atoms. The van der Waals surface area contributed by atoms with Crippen LogP contribution in [0.4, 0.5) is 0 Å². The van der Waals surface area contributed by atoms with Crippen LogP contribution in [0.1, 0.15) is 59.3 Å². The average molecular weight is 238 g/mol. The summed E-state index contributed by atoms with van der Waals surface area (Å²) in [5, 5.41) is 3.75. The fourth-order valence-corrected chi connectivity index (χ4v) is 3.83. The smallest absolute Gasteiger partial charge is 0.0221 e. The van der Waals surface area contributed by atoms with E-state index in [-0.39, 0.29) is 0 Å². The maximum atomic E-state index is 3.75. The molecule has 1 saturated heterocycles. The molecule has 4 unspecified atom stereocenters. The normalized spacial score (nSPS) is 39.7. The van der Waals surface area contributed by atoms with Gasteiger partial charge in [0.15, 0.2) is 0 Å². The molecule has 2 heteroatoms. The number of nitrogens with zero attached hydrogens (tertiary/aromatic N) is 1. The summed E-state index contributed by atoms with van der Waals surface area (Å²) in [6.07, 6.45) is 8.29. The molecule has 1 heterocycles. The van der Waals surface area contributed by atoms with Gasteiger partial charge in [-0.05, 0) is 31.6 Å². The van der Waals surface area contributed by atoms with Gasteiger partial charge >= 0.3 is 0 Å². The van der Waals surface area contributed by atoms with Crippen molar-refractivity contribution in [3.05, 3.63) is 0 Å². The molecule has 0 radical (unpaired) electrons. The van der Waals surface area contributed by atoms with Gasteiger partial charge in [-0.3, -0.25) is 4.90 Å². The van der Waals surface area contributed by atoms with Crippen molar-refractivity contribution in [1.29, 1.82) is 0 Å². The molecule has 2 fully saturated rings. The van der Waals surface area contributed by atoms with E-state index in [9.17, 15) is 0 Å². The molecule has 1 aliphatic carbocycles. The van der Waals surface area contributed by atoms with Crippen LogP contribution >= 0.6 is 0 Å². The van der Waals surface area contributed by atoms with Crippen LogP contribution in [-0.4, -0.2) is 36.1 Å². The van der Waals surface area contributed by atoms with Gasteiger partial charge in [-0.2, -0.15) is 0 Å². The van der Waals surface area contributed by atoms with Gasteiger partial charge in [0.1, 0.15) is 0 Å². The Morgan fingerprint density at radius 2 is 2.06 bits per heavy atom. The molecule has 100 valence electrons. The van der Waals surface area contributed by atoms with Gasteiger partial charge in [-0.15, -0.1) is 0 Å². The lowest BCUT2D eigenvalue weighted by atomic mass is 9.96. The van der Waals surface area contributed by atoms with Crippen LogP contribution in [0.2, 0.25) is 0 Å². The van der Waals surface area contributed by atoms with E-state index in [4.69, 9.17) is 0 Å². The summed E-state index contributed by atoms with van der Waals surface area (Å²) in [4.78, 5) is 2.86. The maximum absolute atomic E-state index is 3.75. The highest BCUT2D eigenvalue weighted by Gasteiger charge is 2.36. The minimum atomic E-state index is 0.746. The Morgan fingerprint density at radius 1 is 1.24 bits per heavy atom. The van der Waals surface area contributed by atoms with E-state index in [1.54, 1.807) is 0 Å². The monoisotopic (exact) mass is 238 g/mol. The SMILES string of the molecule is CCCC1CN(C2CCCC2C)C(CC)CN1. The Hall–Kier alpha value is -0.0800. The Balaban J connectivity index is 1.99. The number of nitrogens with one attached hydrogen (secondary N) is 1. The Bertz CT molecular complexity index is 229. The number of piperazine rings is 1. The second-order valence-electron chi connectivity index (χ2n) is 6.13. The van der Waals surface area contributed by atoms with Crippen molar-refractivity contribution in [1.82, 2.24) is 10.2 Å². The van der Waals surface area contributed by atoms with Crippen LogP contribution in [0.15, 0.2) is 0 Å². The molecule has 0 amide bonds. The van der Waals surface area contributed by atoms with Crippen molar-refractivity contribution < 1.29 is 0 Å². The highest BCUT2D eigenvalue weighted by molar-refractivity contribution is 4.93. The van der Waals surface area contributed by atoms with Crippen LogP contribution in [0, 0.1) is 5.92 Å². The number of hydrogen-bond donors (Lipinski definition) is 1. The highest BCUT2D eigenvalue weighted by Crippen LogP contribution is 2.32. The molecular weight excluding hydrogens is 208 g/mol. The van der Waals surface area contributed by atoms with Crippen molar-refractivity contribution in [3.8, 4) is 0 Å². The lowest BCUT2D eigenvalue weighted by Gasteiger charge is -2.45. The van der Waals surface area contributed by atoms with E-state index in [0.717, 1.165) is 24.0 Å². The van der Waals surface area contributed by atoms with Gasteiger partial charge in [0.2, 0.25) is 0 Å². The van der Waals surface area contributed by atoms with Gasteiger partial charge in [-0.25, -0.2) is 0 Å². The van der Waals surface area contributed by atoms with Crippen LogP contribution < -0.4 is 5.32 Å². The molecule has 2 aliphatic rings. The number of rotatable bonds is 4. The molecule has 0 aromatic rings. The molecule has 0 aromatic carbocycles. The Kier molecular flexibility index (Phi) is 4.87. The standard InChI is InChI=1S/C15H30N2/c1-4-7-13-11-17(14(5-2)10-16-13)15-9-6-8-12(15)3/h12-16H,4-11H2,1-3H3. The first-order valence-corrected chi connectivity index (χ1v) is 7.75. The zero-order valence-electron chi connectivity index (χ0n) is 11.9. The van der Waals surface area contributed by atoms with Crippen molar-refractivity contribution >= 4 is 0 Å². The molecule has 0 aromatic heterocycles. The predicted molar refractivity (Wildman–Crippen MR) is 74.3 cm³/mol. The Morgan fingerprint density at radius 3 is 2.65 bits per heavy atom. The predicted octanol–water partition coefficient (Wildman–Crippen LogP) is 3.03. The van der Waals surface area contributed by atoms with Gasteiger partial charge in [0, 0.05) is 31.2 Å².